The highest BCUT2D eigenvalue weighted by Gasteiger charge is 2.14. The first kappa shape index (κ1) is 14.5. The smallest absolute Gasteiger partial charge is 0.240 e. The highest BCUT2D eigenvalue weighted by molar-refractivity contribution is 9.10. The molecule has 0 unspecified atom stereocenters. The summed E-state index contributed by atoms with van der Waals surface area (Å²) >= 11 is 9.03. The average molecular weight is 365 g/mol. The Kier molecular flexibility index (Phi) is 4.62. The van der Waals surface area contributed by atoms with Gasteiger partial charge in [-0.1, -0.05) is 11.6 Å². The highest BCUT2D eigenvalue weighted by atomic mass is 79.9. The van der Waals surface area contributed by atoms with Crippen LogP contribution in [0.4, 0.5) is 0 Å². The lowest BCUT2D eigenvalue weighted by molar-refractivity contribution is 0.561. The van der Waals surface area contributed by atoms with E-state index >= 15 is 0 Å². The first-order valence-corrected chi connectivity index (χ1v) is 8.06. The normalized spacial score (nSPS) is 11.7. The predicted molar refractivity (Wildman–Crippen MR) is 76.6 cm³/mol. The molecule has 0 radical (unpaired) electrons. The second-order valence-electron chi connectivity index (χ2n) is 3.74. The third kappa shape index (κ3) is 3.79. The summed E-state index contributed by atoms with van der Waals surface area (Å²) in [6.07, 6.45) is 3.41. The molecular weight excluding hydrogens is 354 g/mol. The summed E-state index contributed by atoms with van der Waals surface area (Å²) in [4.78, 5) is 0.171. The molecule has 2 aromatic rings. The molecular formula is C11H11BrClN3O2S. The minimum absolute atomic E-state index is 0.171. The third-order valence-corrected chi connectivity index (χ3v) is 5.07. The zero-order valence-corrected chi connectivity index (χ0v) is 12.9. The molecule has 1 N–H and O–H groups in total. The van der Waals surface area contributed by atoms with E-state index in [-0.39, 0.29) is 11.4 Å². The molecule has 0 saturated heterocycles. The molecule has 1 aromatic carbocycles. The van der Waals surface area contributed by atoms with Gasteiger partial charge in [-0.05, 0) is 40.2 Å². The SMILES string of the molecule is O=S(=O)(NCCn1cccn1)c1ccc(Cl)c(Br)c1. The fourth-order valence-electron chi connectivity index (χ4n) is 1.45. The molecule has 0 saturated carbocycles. The summed E-state index contributed by atoms with van der Waals surface area (Å²) in [5.41, 5.74) is 0. The number of hydrogen-bond donors (Lipinski definition) is 1. The van der Waals surface area contributed by atoms with Gasteiger partial charge in [-0.15, -0.1) is 0 Å². The van der Waals surface area contributed by atoms with Gasteiger partial charge in [0.05, 0.1) is 16.5 Å². The van der Waals surface area contributed by atoms with Gasteiger partial charge < -0.3 is 0 Å². The van der Waals surface area contributed by atoms with Gasteiger partial charge in [0, 0.05) is 23.4 Å². The van der Waals surface area contributed by atoms with Crippen molar-refractivity contribution in [3.63, 3.8) is 0 Å². The van der Waals surface area contributed by atoms with Crippen LogP contribution in [0.5, 0.6) is 0 Å². The van der Waals surface area contributed by atoms with E-state index in [1.54, 1.807) is 23.1 Å². The first-order valence-electron chi connectivity index (χ1n) is 5.41. The predicted octanol–water partition coefficient (Wildman–Crippen LogP) is 2.28. The van der Waals surface area contributed by atoms with Crippen molar-refractivity contribution in [2.75, 3.05) is 6.54 Å². The molecule has 0 aliphatic rings. The van der Waals surface area contributed by atoms with E-state index in [4.69, 9.17) is 11.6 Å². The van der Waals surface area contributed by atoms with Crippen molar-refractivity contribution in [1.82, 2.24) is 14.5 Å². The average Bonchev–Trinajstić information content (AvgIpc) is 2.85. The van der Waals surface area contributed by atoms with Crippen LogP contribution in [-0.4, -0.2) is 24.7 Å². The van der Waals surface area contributed by atoms with Gasteiger partial charge in [-0.2, -0.15) is 5.10 Å². The van der Waals surface area contributed by atoms with Crippen LogP contribution in [0.2, 0.25) is 5.02 Å². The molecule has 0 fully saturated rings. The fraction of sp³-hybridized carbons (Fsp3) is 0.182. The molecule has 0 atom stereocenters. The van der Waals surface area contributed by atoms with E-state index in [1.807, 2.05) is 0 Å². The Labute approximate surface area is 124 Å². The molecule has 8 heteroatoms. The van der Waals surface area contributed by atoms with Crippen molar-refractivity contribution in [3.05, 3.63) is 46.2 Å². The van der Waals surface area contributed by atoms with E-state index in [2.05, 4.69) is 25.8 Å². The minimum Gasteiger partial charge on any atom is -0.271 e. The first-order chi connectivity index (χ1) is 8.99. The molecule has 0 amide bonds. The van der Waals surface area contributed by atoms with Crippen molar-refractivity contribution < 1.29 is 8.42 Å². The van der Waals surface area contributed by atoms with Gasteiger partial charge in [0.1, 0.15) is 0 Å². The van der Waals surface area contributed by atoms with Gasteiger partial charge in [0.15, 0.2) is 0 Å². The minimum atomic E-state index is -3.53. The van der Waals surface area contributed by atoms with E-state index in [9.17, 15) is 8.42 Å². The largest absolute Gasteiger partial charge is 0.271 e. The van der Waals surface area contributed by atoms with Crippen LogP contribution in [-0.2, 0) is 16.6 Å². The number of benzene rings is 1. The summed E-state index contributed by atoms with van der Waals surface area (Å²) in [7, 11) is -3.53. The van der Waals surface area contributed by atoms with Gasteiger partial charge >= 0.3 is 0 Å². The van der Waals surface area contributed by atoms with Crippen molar-refractivity contribution in [2.24, 2.45) is 0 Å². The Balaban J connectivity index is 2.03. The maximum Gasteiger partial charge on any atom is 0.240 e. The van der Waals surface area contributed by atoms with E-state index in [0.29, 0.717) is 16.0 Å². The number of nitrogens with zero attached hydrogens (tertiary/aromatic N) is 2. The molecule has 0 bridgehead atoms. The quantitative estimate of drug-likeness (QED) is 0.885. The topological polar surface area (TPSA) is 64.0 Å². The summed E-state index contributed by atoms with van der Waals surface area (Å²) in [6, 6.07) is 6.25. The lowest BCUT2D eigenvalue weighted by Gasteiger charge is -2.07. The summed E-state index contributed by atoms with van der Waals surface area (Å²) in [6.45, 7) is 0.741. The number of rotatable bonds is 5. The Morgan fingerprint density at radius 2 is 2.21 bits per heavy atom. The molecule has 2 rings (SSSR count). The van der Waals surface area contributed by atoms with Crippen LogP contribution >= 0.6 is 27.5 Å². The monoisotopic (exact) mass is 363 g/mol. The molecule has 102 valence electrons. The fourth-order valence-corrected chi connectivity index (χ4v) is 3.15. The molecule has 0 aliphatic carbocycles. The Morgan fingerprint density at radius 3 is 2.84 bits per heavy atom. The standard InChI is InChI=1S/C11H11BrClN3O2S/c12-10-8-9(2-3-11(10)13)19(17,18)15-5-7-16-6-1-4-14-16/h1-4,6,8,15H,5,7H2. The molecule has 5 nitrogen and oxygen atoms in total. The van der Waals surface area contributed by atoms with Crippen LogP contribution in [0.3, 0.4) is 0 Å². The van der Waals surface area contributed by atoms with Crippen LogP contribution in [0.1, 0.15) is 0 Å². The zero-order chi connectivity index (χ0) is 13.9. The molecule has 19 heavy (non-hydrogen) atoms. The Hall–Kier alpha value is -0.890. The van der Waals surface area contributed by atoms with Gasteiger partial charge in [0.2, 0.25) is 10.0 Å². The lowest BCUT2D eigenvalue weighted by atomic mass is 10.4. The lowest BCUT2D eigenvalue weighted by Crippen LogP contribution is -2.27. The van der Waals surface area contributed by atoms with E-state index in [0.717, 1.165) is 0 Å². The summed E-state index contributed by atoms with van der Waals surface area (Å²) in [5.74, 6) is 0. The Morgan fingerprint density at radius 1 is 1.42 bits per heavy atom. The van der Waals surface area contributed by atoms with Crippen LogP contribution in [0.25, 0.3) is 0 Å². The third-order valence-electron chi connectivity index (χ3n) is 2.39. The van der Waals surface area contributed by atoms with Crippen LogP contribution in [0, 0.1) is 0 Å². The second-order valence-corrected chi connectivity index (χ2v) is 6.77. The van der Waals surface area contributed by atoms with E-state index in [1.165, 1.54) is 18.2 Å². The van der Waals surface area contributed by atoms with Crippen molar-refractivity contribution in [1.29, 1.82) is 0 Å². The molecule has 0 aliphatic heterocycles. The number of aromatic nitrogens is 2. The van der Waals surface area contributed by atoms with Gasteiger partial charge in [-0.25, -0.2) is 13.1 Å². The highest BCUT2D eigenvalue weighted by Crippen LogP contribution is 2.25. The summed E-state index contributed by atoms with van der Waals surface area (Å²) < 4.78 is 28.7. The Bertz CT molecular complexity index is 659. The van der Waals surface area contributed by atoms with Crippen molar-refractivity contribution in [2.45, 2.75) is 11.4 Å². The van der Waals surface area contributed by atoms with Crippen molar-refractivity contribution in [3.8, 4) is 0 Å². The maximum absolute atomic E-state index is 12.0. The maximum atomic E-state index is 12.0. The number of nitrogens with one attached hydrogen (secondary N) is 1. The summed E-state index contributed by atoms with van der Waals surface area (Å²) in [5, 5.41) is 4.46. The molecule has 1 heterocycles. The number of hydrogen-bond acceptors (Lipinski definition) is 3. The van der Waals surface area contributed by atoms with E-state index < -0.39 is 10.0 Å². The van der Waals surface area contributed by atoms with Gasteiger partial charge in [0.25, 0.3) is 0 Å². The zero-order valence-electron chi connectivity index (χ0n) is 9.75. The molecule has 0 spiro atoms. The van der Waals surface area contributed by atoms with Crippen molar-refractivity contribution >= 4 is 37.6 Å². The number of sulfonamides is 1. The van der Waals surface area contributed by atoms with Crippen LogP contribution in [0.15, 0.2) is 46.0 Å². The number of halogens is 2. The molecule has 1 aromatic heterocycles. The second kappa shape index (κ2) is 6.04. The van der Waals surface area contributed by atoms with Crippen LogP contribution < -0.4 is 4.72 Å². The van der Waals surface area contributed by atoms with Gasteiger partial charge in [-0.3, -0.25) is 4.68 Å².